The predicted molar refractivity (Wildman–Crippen MR) is 85.9 cm³/mol. The molecule has 1 unspecified atom stereocenters. The van der Waals surface area contributed by atoms with Gasteiger partial charge >= 0.3 is 5.97 Å². The molecule has 0 spiro atoms. The molecule has 0 heterocycles. The summed E-state index contributed by atoms with van der Waals surface area (Å²) < 4.78 is 5.44. The number of unbranched alkanes of at least 4 members (excludes halogenated alkanes) is 4. The van der Waals surface area contributed by atoms with Gasteiger partial charge in [0, 0.05) is 6.54 Å². The van der Waals surface area contributed by atoms with E-state index in [2.05, 4.69) is 18.7 Å². The molecule has 0 bridgehead atoms. The number of hydrogen-bond donors (Lipinski definition) is 0. The van der Waals surface area contributed by atoms with E-state index in [4.69, 9.17) is 4.74 Å². The molecule has 0 amide bonds. The van der Waals surface area contributed by atoms with Crippen molar-refractivity contribution in [2.75, 3.05) is 27.2 Å². The fraction of sp³-hybridized carbons (Fsp3) is 0.941. The van der Waals surface area contributed by atoms with E-state index in [0.717, 1.165) is 45.1 Å². The van der Waals surface area contributed by atoms with Crippen molar-refractivity contribution in [2.24, 2.45) is 5.92 Å². The molecule has 0 aromatic rings. The largest absolute Gasteiger partial charge is 0.465 e. The summed E-state index contributed by atoms with van der Waals surface area (Å²) in [6.45, 7) is 5.93. The molecular formula is C17H35NO2. The molecule has 20 heavy (non-hydrogen) atoms. The second-order valence-electron chi connectivity index (χ2n) is 6.01. The maximum atomic E-state index is 12.1. The van der Waals surface area contributed by atoms with Gasteiger partial charge in [-0.25, -0.2) is 0 Å². The first-order valence-corrected chi connectivity index (χ1v) is 8.43. The summed E-state index contributed by atoms with van der Waals surface area (Å²) in [6, 6.07) is 0. The van der Waals surface area contributed by atoms with Crippen LogP contribution in [0.5, 0.6) is 0 Å². The van der Waals surface area contributed by atoms with Crippen molar-refractivity contribution >= 4 is 5.97 Å². The van der Waals surface area contributed by atoms with Crippen LogP contribution in [0.2, 0.25) is 0 Å². The Morgan fingerprint density at radius 2 is 1.60 bits per heavy atom. The van der Waals surface area contributed by atoms with Crippen LogP contribution in [0.15, 0.2) is 0 Å². The maximum absolute atomic E-state index is 12.1. The summed E-state index contributed by atoms with van der Waals surface area (Å²) in [4.78, 5) is 14.2. The molecule has 0 N–H and O–H groups in total. The Morgan fingerprint density at radius 1 is 0.950 bits per heavy atom. The molecule has 0 saturated heterocycles. The van der Waals surface area contributed by atoms with Crippen LogP contribution >= 0.6 is 0 Å². The topological polar surface area (TPSA) is 29.5 Å². The fourth-order valence-corrected chi connectivity index (χ4v) is 2.32. The van der Waals surface area contributed by atoms with Gasteiger partial charge in [0.05, 0.1) is 12.5 Å². The molecule has 0 aromatic carbocycles. The summed E-state index contributed by atoms with van der Waals surface area (Å²) >= 11 is 0. The molecule has 0 rings (SSSR count). The quantitative estimate of drug-likeness (QED) is 0.374. The van der Waals surface area contributed by atoms with Gasteiger partial charge in [0.15, 0.2) is 0 Å². The highest BCUT2D eigenvalue weighted by Gasteiger charge is 2.18. The van der Waals surface area contributed by atoms with Gasteiger partial charge in [-0.1, -0.05) is 52.4 Å². The number of esters is 1. The zero-order valence-corrected chi connectivity index (χ0v) is 14.1. The molecule has 0 aliphatic rings. The molecule has 0 fully saturated rings. The monoisotopic (exact) mass is 285 g/mol. The van der Waals surface area contributed by atoms with Gasteiger partial charge in [0.1, 0.15) is 0 Å². The lowest BCUT2D eigenvalue weighted by molar-refractivity contribution is -0.149. The minimum Gasteiger partial charge on any atom is -0.465 e. The lowest BCUT2D eigenvalue weighted by Gasteiger charge is -2.16. The molecule has 120 valence electrons. The molecule has 3 nitrogen and oxygen atoms in total. The third kappa shape index (κ3) is 11.3. The maximum Gasteiger partial charge on any atom is 0.308 e. The van der Waals surface area contributed by atoms with Gasteiger partial charge in [-0.2, -0.15) is 0 Å². The zero-order chi connectivity index (χ0) is 15.2. The van der Waals surface area contributed by atoms with Gasteiger partial charge < -0.3 is 9.64 Å². The summed E-state index contributed by atoms with van der Waals surface area (Å²) in [5.74, 6) is 0.167. The molecule has 0 saturated carbocycles. The Hall–Kier alpha value is -0.570. The van der Waals surface area contributed by atoms with Crippen LogP contribution < -0.4 is 0 Å². The third-order valence-corrected chi connectivity index (χ3v) is 3.64. The molecule has 0 aliphatic carbocycles. The summed E-state index contributed by atoms with van der Waals surface area (Å²) in [5, 5.41) is 0. The number of carbonyl (C=O) groups is 1. The Balaban J connectivity index is 3.93. The van der Waals surface area contributed by atoms with E-state index in [1.165, 1.54) is 19.3 Å². The van der Waals surface area contributed by atoms with Crippen molar-refractivity contribution < 1.29 is 9.53 Å². The Labute approximate surface area is 126 Å². The second-order valence-corrected chi connectivity index (χ2v) is 6.01. The van der Waals surface area contributed by atoms with E-state index in [1.54, 1.807) is 0 Å². The van der Waals surface area contributed by atoms with Gasteiger partial charge in [-0.3, -0.25) is 4.79 Å². The van der Waals surface area contributed by atoms with Crippen molar-refractivity contribution in [3.8, 4) is 0 Å². The lowest BCUT2D eigenvalue weighted by atomic mass is 9.95. The van der Waals surface area contributed by atoms with Crippen LogP contribution in [0.25, 0.3) is 0 Å². The average Bonchev–Trinajstić information content (AvgIpc) is 2.42. The van der Waals surface area contributed by atoms with Crippen LogP contribution in [0, 0.1) is 5.92 Å². The number of ether oxygens (including phenoxy) is 1. The van der Waals surface area contributed by atoms with Gasteiger partial charge in [0.25, 0.3) is 0 Å². The van der Waals surface area contributed by atoms with Gasteiger partial charge in [-0.05, 0) is 33.4 Å². The van der Waals surface area contributed by atoms with E-state index in [9.17, 15) is 4.79 Å². The van der Waals surface area contributed by atoms with Crippen molar-refractivity contribution in [1.82, 2.24) is 4.90 Å². The lowest BCUT2D eigenvalue weighted by Crippen LogP contribution is -2.21. The van der Waals surface area contributed by atoms with E-state index in [-0.39, 0.29) is 11.9 Å². The van der Waals surface area contributed by atoms with E-state index in [0.29, 0.717) is 6.61 Å². The first-order chi connectivity index (χ1) is 9.61. The summed E-state index contributed by atoms with van der Waals surface area (Å²) in [6.07, 6.45) is 10.1. The number of rotatable bonds is 13. The van der Waals surface area contributed by atoms with Crippen LogP contribution in [0.4, 0.5) is 0 Å². The second kappa shape index (κ2) is 13.4. The molecule has 3 heteroatoms. The van der Waals surface area contributed by atoms with Gasteiger partial charge in [0.2, 0.25) is 0 Å². The van der Waals surface area contributed by atoms with Gasteiger partial charge in [-0.15, -0.1) is 0 Å². The SMILES string of the molecule is CCCCCCC(CCCC)C(=O)OCCCN(C)C. The highest BCUT2D eigenvalue weighted by molar-refractivity contribution is 5.72. The molecule has 0 aliphatic heterocycles. The highest BCUT2D eigenvalue weighted by atomic mass is 16.5. The first-order valence-electron chi connectivity index (χ1n) is 8.43. The standard InChI is InChI=1S/C17H35NO2/c1-5-7-9-10-13-16(12-8-6-2)17(19)20-15-11-14-18(3)4/h16H,5-15H2,1-4H3. The molecule has 0 aromatic heterocycles. The Kier molecular flexibility index (Phi) is 13.0. The molecular weight excluding hydrogens is 250 g/mol. The fourth-order valence-electron chi connectivity index (χ4n) is 2.32. The Morgan fingerprint density at radius 3 is 2.20 bits per heavy atom. The predicted octanol–water partition coefficient (Wildman–Crippen LogP) is 4.26. The van der Waals surface area contributed by atoms with E-state index >= 15 is 0 Å². The van der Waals surface area contributed by atoms with Crippen LogP contribution in [-0.4, -0.2) is 38.1 Å². The van der Waals surface area contributed by atoms with Crippen LogP contribution in [0.3, 0.4) is 0 Å². The van der Waals surface area contributed by atoms with Crippen LogP contribution in [-0.2, 0) is 9.53 Å². The zero-order valence-electron chi connectivity index (χ0n) is 14.1. The number of carbonyl (C=O) groups excluding carboxylic acids is 1. The Bertz CT molecular complexity index is 229. The normalized spacial score (nSPS) is 12.7. The summed E-state index contributed by atoms with van der Waals surface area (Å²) in [5.41, 5.74) is 0. The van der Waals surface area contributed by atoms with Crippen molar-refractivity contribution in [2.45, 2.75) is 71.6 Å². The minimum absolute atomic E-state index is 0.0358. The van der Waals surface area contributed by atoms with Crippen molar-refractivity contribution in [3.05, 3.63) is 0 Å². The highest BCUT2D eigenvalue weighted by Crippen LogP contribution is 2.19. The van der Waals surface area contributed by atoms with Crippen molar-refractivity contribution in [3.63, 3.8) is 0 Å². The van der Waals surface area contributed by atoms with E-state index in [1.807, 2.05) is 14.1 Å². The first kappa shape index (κ1) is 19.4. The average molecular weight is 285 g/mol. The van der Waals surface area contributed by atoms with Crippen LogP contribution in [0.1, 0.15) is 71.6 Å². The minimum atomic E-state index is 0.0358. The van der Waals surface area contributed by atoms with Crippen molar-refractivity contribution in [1.29, 1.82) is 0 Å². The number of nitrogens with zero attached hydrogens (tertiary/aromatic N) is 1. The smallest absolute Gasteiger partial charge is 0.308 e. The molecule has 0 radical (unpaired) electrons. The van der Waals surface area contributed by atoms with E-state index < -0.39 is 0 Å². The number of hydrogen-bond acceptors (Lipinski definition) is 3. The molecule has 1 atom stereocenters. The third-order valence-electron chi connectivity index (χ3n) is 3.64. The summed E-state index contributed by atoms with van der Waals surface area (Å²) in [7, 11) is 4.08.